The molecule has 0 saturated carbocycles. The average molecular weight is 380 g/mol. The zero-order chi connectivity index (χ0) is 19.8. The van der Waals surface area contributed by atoms with Crippen LogP contribution in [0.5, 0.6) is 23.0 Å². The van der Waals surface area contributed by atoms with Gasteiger partial charge in [-0.3, -0.25) is 0 Å². The van der Waals surface area contributed by atoms with Crippen molar-refractivity contribution in [1.29, 1.82) is 0 Å². The van der Waals surface area contributed by atoms with Crippen LogP contribution in [0.2, 0.25) is 0 Å². The Hall–Kier alpha value is -3.41. The minimum atomic E-state index is -0.337. The second-order valence-electron chi connectivity index (χ2n) is 6.36. The van der Waals surface area contributed by atoms with Gasteiger partial charge < -0.3 is 23.7 Å². The fourth-order valence-corrected chi connectivity index (χ4v) is 3.64. The molecule has 4 rings (SSSR count). The van der Waals surface area contributed by atoms with Crippen molar-refractivity contribution < 1.29 is 28.5 Å². The maximum absolute atomic E-state index is 12.5. The van der Waals surface area contributed by atoms with Crippen LogP contribution in [0.4, 0.5) is 0 Å². The lowest BCUT2D eigenvalue weighted by atomic mass is 9.90. The third-order valence-electron chi connectivity index (χ3n) is 4.96. The van der Waals surface area contributed by atoms with Crippen molar-refractivity contribution in [3.63, 3.8) is 0 Å². The molecule has 0 aromatic heterocycles. The predicted octanol–water partition coefficient (Wildman–Crippen LogP) is 4.21. The van der Waals surface area contributed by atoms with Crippen LogP contribution in [-0.2, 0) is 11.3 Å². The molecule has 6 nitrogen and oxygen atoms in total. The Labute approximate surface area is 162 Å². The lowest BCUT2D eigenvalue weighted by Gasteiger charge is -2.16. The number of rotatable bonds is 5. The Morgan fingerprint density at radius 2 is 1.39 bits per heavy atom. The third-order valence-corrected chi connectivity index (χ3v) is 4.96. The number of carbonyl (C=O) groups excluding carboxylic acids is 1. The SMILES string of the molecule is COc1ccc(-c2c3c(cc4cc(OC)c(OC)cc24)COC3=O)cc1OC. The van der Waals surface area contributed by atoms with Crippen LogP contribution in [0.15, 0.2) is 36.4 Å². The first-order chi connectivity index (χ1) is 13.6. The van der Waals surface area contributed by atoms with Crippen LogP contribution in [0, 0.1) is 0 Å². The van der Waals surface area contributed by atoms with Gasteiger partial charge in [0.2, 0.25) is 0 Å². The van der Waals surface area contributed by atoms with E-state index in [0.29, 0.717) is 28.6 Å². The van der Waals surface area contributed by atoms with Crippen LogP contribution in [0.25, 0.3) is 21.9 Å². The smallest absolute Gasteiger partial charge is 0.339 e. The van der Waals surface area contributed by atoms with Crippen molar-refractivity contribution in [2.75, 3.05) is 28.4 Å². The Morgan fingerprint density at radius 3 is 2.07 bits per heavy atom. The number of hydrogen-bond acceptors (Lipinski definition) is 6. The molecule has 6 heteroatoms. The van der Waals surface area contributed by atoms with Crippen molar-refractivity contribution in [1.82, 2.24) is 0 Å². The predicted molar refractivity (Wildman–Crippen MR) is 105 cm³/mol. The molecule has 0 amide bonds. The summed E-state index contributed by atoms with van der Waals surface area (Å²) in [5.41, 5.74) is 3.00. The number of benzene rings is 3. The number of carbonyl (C=O) groups is 1. The Balaban J connectivity index is 2.08. The monoisotopic (exact) mass is 380 g/mol. The van der Waals surface area contributed by atoms with Gasteiger partial charge in [-0.25, -0.2) is 4.79 Å². The Bertz CT molecular complexity index is 1090. The summed E-state index contributed by atoms with van der Waals surface area (Å²) in [5, 5.41) is 1.79. The normalized spacial score (nSPS) is 12.5. The first-order valence-corrected chi connectivity index (χ1v) is 8.72. The van der Waals surface area contributed by atoms with Gasteiger partial charge >= 0.3 is 5.97 Å². The minimum Gasteiger partial charge on any atom is -0.493 e. The molecule has 0 aliphatic carbocycles. The molecule has 0 fully saturated rings. The quantitative estimate of drug-likeness (QED) is 0.618. The first-order valence-electron chi connectivity index (χ1n) is 8.72. The first kappa shape index (κ1) is 18.0. The van der Waals surface area contributed by atoms with Gasteiger partial charge in [-0.1, -0.05) is 6.07 Å². The second kappa shape index (κ2) is 6.96. The molecule has 28 heavy (non-hydrogen) atoms. The van der Waals surface area contributed by atoms with Gasteiger partial charge in [0, 0.05) is 11.1 Å². The number of cyclic esters (lactones) is 1. The molecule has 3 aromatic rings. The summed E-state index contributed by atoms with van der Waals surface area (Å²) in [7, 11) is 6.35. The summed E-state index contributed by atoms with van der Waals surface area (Å²) in [6.07, 6.45) is 0. The molecule has 1 heterocycles. The van der Waals surface area contributed by atoms with E-state index in [1.54, 1.807) is 28.4 Å². The average Bonchev–Trinajstić information content (AvgIpc) is 3.10. The third kappa shape index (κ3) is 2.69. The van der Waals surface area contributed by atoms with E-state index in [1.807, 2.05) is 36.4 Å². The Kier molecular flexibility index (Phi) is 4.47. The van der Waals surface area contributed by atoms with E-state index in [4.69, 9.17) is 23.7 Å². The highest BCUT2D eigenvalue weighted by Crippen LogP contribution is 2.44. The van der Waals surface area contributed by atoms with Crippen LogP contribution in [-0.4, -0.2) is 34.4 Å². The van der Waals surface area contributed by atoms with E-state index in [2.05, 4.69) is 0 Å². The highest BCUT2D eigenvalue weighted by molar-refractivity contribution is 6.11. The van der Waals surface area contributed by atoms with Crippen LogP contribution in [0.1, 0.15) is 15.9 Å². The lowest BCUT2D eigenvalue weighted by Crippen LogP contribution is -2.00. The van der Waals surface area contributed by atoms with E-state index in [0.717, 1.165) is 27.5 Å². The number of hydrogen-bond donors (Lipinski definition) is 0. The number of ether oxygens (including phenoxy) is 5. The summed E-state index contributed by atoms with van der Waals surface area (Å²) in [6, 6.07) is 11.3. The summed E-state index contributed by atoms with van der Waals surface area (Å²) in [6.45, 7) is 0.249. The van der Waals surface area contributed by atoms with Gasteiger partial charge in [-0.2, -0.15) is 0 Å². The van der Waals surface area contributed by atoms with Gasteiger partial charge in [-0.15, -0.1) is 0 Å². The molecule has 0 unspecified atom stereocenters. The van der Waals surface area contributed by atoms with Crippen LogP contribution in [0.3, 0.4) is 0 Å². The van der Waals surface area contributed by atoms with Crippen molar-refractivity contribution in [2.45, 2.75) is 6.61 Å². The molecule has 144 valence electrons. The maximum Gasteiger partial charge on any atom is 0.339 e. The topological polar surface area (TPSA) is 63.2 Å². The molecular formula is C22H20O6. The molecular weight excluding hydrogens is 360 g/mol. The summed E-state index contributed by atoms with van der Waals surface area (Å²) in [4.78, 5) is 12.5. The summed E-state index contributed by atoms with van der Waals surface area (Å²) in [5.74, 6) is 2.07. The highest BCUT2D eigenvalue weighted by atomic mass is 16.5. The van der Waals surface area contributed by atoms with E-state index in [-0.39, 0.29) is 12.6 Å². The van der Waals surface area contributed by atoms with Crippen molar-refractivity contribution in [3.05, 3.63) is 47.5 Å². The summed E-state index contributed by atoms with van der Waals surface area (Å²) < 4.78 is 27.0. The van der Waals surface area contributed by atoms with Crippen molar-refractivity contribution >= 4 is 16.7 Å². The largest absolute Gasteiger partial charge is 0.493 e. The van der Waals surface area contributed by atoms with Gasteiger partial charge in [0.25, 0.3) is 0 Å². The van der Waals surface area contributed by atoms with Crippen molar-refractivity contribution in [2.24, 2.45) is 0 Å². The zero-order valence-corrected chi connectivity index (χ0v) is 16.1. The lowest BCUT2D eigenvalue weighted by molar-refractivity contribution is 0.0535. The van der Waals surface area contributed by atoms with Gasteiger partial charge in [0.15, 0.2) is 23.0 Å². The van der Waals surface area contributed by atoms with Crippen molar-refractivity contribution in [3.8, 4) is 34.1 Å². The molecule has 0 atom stereocenters. The number of fused-ring (bicyclic) bond motifs is 2. The molecule has 0 radical (unpaired) electrons. The molecule has 1 aliphatic rings. The van der Waals surface area contributed by atoms with Gasteiger partial charge in [0.05, 0.1) is 34.0 Å². The maximum atomic E-state index is 12.5. The molecule has 0 saturated heterocycles. The van der Waals surface area contributed by atoms with Gasteiger partial charge in [0.1, 0.15) is 6.61 Å². The Morgan fingerprint density at radius 1 is 0.750 bits per heavy atom. The van der Waals surface area contributed by atoms with E-state index < -0.39 is 0 Å². The molecule has 3 aromatic carbocycles. The van der Waals surface area contributed by atoms with Crippen LogP contribution < -0.4 is 18.9 Å². The summed E-state index contributed by atoms with van der Waals surface area (Å²) >= 11 is 0. The van der Waals surface area contributed by atoms with Crippen LogP contribution >= 0.6 is 0 Å². The number of esters is 1. The molecule has 1 aliphatic heterocycles. The molecule has 0 bridgehead atoms. The van der Waals surface area contributed by atoms with E-state index >= 15 is 0 Å². The standard InChI is InChI=1S/C22H20O6/c1-24-16-6-5-12(8-17(16)25-2)20-15-10-19(27-4)18(26-3)9-13(15)7-14-11-28-22(23)21(14)20/h5-10H,11H2,1-4H3. The fourth-order valence-electron chi connectivity index (χ4n) is 3.64. The molecule has 0 N–H and O–H groups in total. The highest BCUT2D eigenvalue weighted by Gasteiger charge is 2.28. The number of methoxy groups -OCH3 is 4. The van der Waals surface area contributed by atoms with E-state index in [1.165, 1.54) is 0 Å². The van der Waals surface area contributed by atoms with Gasteiger partial charge in [-0.05, 0) is 46.7 Å². The minimum absolute atomic E-state index is 0.249. The fraction of sp³-hybridized carbons (Fsp3) is 0.227. The zero-order valence-electron chi connectivity index (χ0n) is 16.1. The second-order valence-corrected chi connectivity index (χ2v) is 6.36. The van der Waals surface area contributed by atoms with E-state index in [9.17, 15) is 4.79 Å². The molecule has 0 spiro atoms.